The lowest BCUT2D eigenvalue weighted by Gasteiger charge is -2.30. The van der Waals surface area contributed by atoms with Crippen molar-refractivity contribution in [2.45, 2.75) is 45.5 Å². The number of rotatable bonds is 6. The maximum Gasteiger partial charge on any atom is 0.233 e. The number of thioether (sulfide) groups is 1. The summed E-state index contributed by atoms with van der Waals surface area (Å²) in [6.45, 7) is 8.23. The molecular formula is C15H22ClNOS. The average Bonchev–Trinajstić information content (AvgIpc) is 2.30. The monoisotopic (exact) mass is 299 g/mol. The molecule has 0 fully saturated rings. The Labute approximate surface area is 125 Å². The van der Waals surface area contributed by atoms with Crippen LogP contribution in [-0.2, 0) is 10.5 Å². The van der Waals surface area contributed by atoms with Gasteiger partial charge in [-0.25, -0.2) is 0 Å². The fourth-order valence-electron chi connectivity index (χ4n) is 2.08. The third kappa shape index (κ3) is 5.45. The van der Waals surface area contributed by atoms with E-state index in [1.807, 2.05) is 29.2 Å². The van der Waals surface area contributed by atoms with Gasteiger partial charge < -0.3 is 4.90 Å². The number of benzene rings is 1. The summed E-state index contributed by atoms with van der Waals surface area (Å²) < 4.78 is 0. The Bertz CT molecular complexity index is 395. The largest absolute Gasteiger partial charge is 0.337 e. The normalized spacial score (nSPS) is 11.1. The summed E-state index contributed by atoms with van der Waals surface area (Å²) in [7, 11) is 0. The molecule has 0 saturated heterocycles. The predicted octanol–water partition coefficient (Wildman–Crippen LogP) is 4.22. The summed E-state index contributed by atoms with van der Waals surface area (Å²) in [5, 5.41) is 0.746. The van der Waals surface area contributed by atoms with E-state index in [1.165, 1.54) is 5.56 Å². The smallest absolute Gasteiger partial charge is 0.233 e. The van der Waals surface area contributed by atoms with Gasteiger partial charge in [0.2, 0.25) is 5.91 Å². The van der Waals surface area contributed by atoms with Crippen molar-refractivity contribution in [1.82, 2.24) is 4.90 Å². The number of carbonyl (C=O) groups excluding carboxylic acids is 1. The zero-order valence-electron chi connectivity index (χ0n) is 12.0. The Morgan fingerprint density at radius 3 is 2.16 bits per heavy atom. The van der Waals surface area contributed by atoms with Crippen molar-refractivity contribution in [3.63, 3.8) is 0 Å². The summed E-state index contributed by atoms with van der Waals surface area (Å²) in [4.78, 5) is 14.1. The summed E-state index contributed by atoms with van der Waals surface area (Å²) in [5.41, 5.74) is 1.20. The van der Waals surface area contributed by atoms with E-state index in [0.717, 1.165) is 10.8 Å². The number of hydrogen-bond donors (Lipinski definition) is 0. The molecule has 0 saturated carbocycles. The lowest BCUT2D eigenvalue weighted by Crippen LogP contribution is -2.43. The molecule has 106 valence electrons. The fourth-order valence-corrected chi connectivity index (χ4v) is 3.06. The molecule has 0 radical (unpaired) electrons. The van der Waals surface area contributed by atoms with Gasteiger partial charge in [-0.05, 0) is 45.4 Å². The first kappa shape index (κ1) is 16.4. The van der Waals surface area contributed by atoms with Crippen molar-refractivity contribution in [2.24, 2.45) is 0 Å². The standard InChI is InChI=1S/C15H22ClNOS/c1-11(2)17(12(3)4)15(18)10-19-9-13-5-7-14(16)8-6-13/h5-8,11-12H,9-10H2,1-4H3. The molecule has 0 spiro atoms. The Kier molecular flexibility index (Phi) is 6.73. The van der Waals surface area contributed by atoms with Crippen LogP contribution in [0.3, 0.4) is 0 Å². The summed E-state index contributed by atoms with van der Waals surface area (Å²) in [6.07, 6.45) is 0. The quantitative estimate of drug-likeness (QED) is 0.784. The lowest BCUT2D eigenvalue weighted by molar-refractivity contribution is -0.131. The maximum absolute atomic E-state index is 12.2. The first-order valence-electron chi connectivity index (χ1n) is 6.55. The zero-order chi connectivity index (χ0) is 14.4. The second kappa shape index (κ2) is 7.81. The molecule has 0 heterocycles. The number of halogens is 1. The number of hydrogen-bond acceptors (Lipinski definition) is 2. The Morgan fingerprint density at radius 1 is 1.16 bits per heavy atom. The summed E-state index contributed by atoms with van der Waals surface area (Å²) in [6, 6.07) is 8.28. The van der Waals surface area contributed by atoms with Crippen LogP contribution < -0.4 is 0 Å². The highest BCUT2D eigenvalue weighted by atomic mass is 35.5. The minimum absolute atomic E-state index is 0.212. The van der Waals surface area contributed by atoms with Crippen LogP contribution in [0, 0.1) is 0 Å². The van der Waals surface area contributed by atoms with Crippen molar-refractivity contribution in [2.75, 3.05) is 5.75 Å². The second-order valence-electron chi connectivity index (χ2n) is 5.11. The fraction of sp³-hybridized carbons (Fsp3) is 0.533. The van der Waals surface area contributed by atoms with E-state index in [1.54, 1.807) is 11.8 Å². The molecule has 0 N–H and O–H groups in total. The Balaban J connectivity index is 2.43. The second-order valence-corrected chi connectivity index (χ2v) is 6.53. The van der Waals surface area contributed by atoms with Crippen LogP contribution in [0.25, 0.3) is 0 Å². The van der Waals surface area contributed by atoms with Gasteiger partial charge in [0, 0.05) is 22.9 Å². The lowest BCUT2D eigenvalue weighted by atomic mass is 10.2. The highest BCUT2D eigenvalue weighted by Crippen LogP contribution is 2.17. The molecule has 1 rings (SSSR count). The van der Waals surface area contributed by atoms with Gasteiger partial charge >= 0.3 is 0 Å². The molecule has 1 aromatic carbocycles. The van der Waals surface area contributed by atoms with Crippen molar-refractivity contribution in [1.29, 1.82) is 0 Å². The van der Waals surface area contributed by atoms with E-state index in [0.29, 0.717) is 5.75 Å². The average molecular weight is 300 g/mol. The first-order valence-corrected chi connectivity index (χ1v) is 8.08. The number of amides is 1. The van der Waals surface area contributed by atoms with Crippen LogP contribution in [0.15, 0.2) is 24.3 Å². The number of carbonyl (C=O) groups is 1. The Morgan fingerprint density at radius 2 is 1.68 bits per heavy atom. The van der Waals surface area contributed by atoms with E-state index in [-0.39, 0.29) is 18.0 Å². The molecule has 0 bridgehead atoms. The third-order valence-electron chi connectivity index (χ3n) is 2.81. The van der Waals surface area contributed by atoms with Crippen LogP contribution >= 0.6 is 23.4 Å². The molecule has 0 aromatic heterocycles. The van der Waals surface area contributed by atoms with E-state index >= 15 is 0 Å². The SMILES string of the molecule is CC(C)N(C(=O)CSCc1ccc(Cl)cc1)C(C)C. The van der Waals surface area contributed by atoms with Gasteiger partial charge in [-0.15, -0.1) is 11.8 Å². The van der Waals surface area contributed by atoms with Crippen LogP contribution in [0.2, 0.25) is 5.02 Å². The minimum atomic E-state index is 0.212. The molecule has 0 aliphatic heterocycles. The Hall–Kier alpha value is -0.670. The third-order valence-corrected chi connectivity index (χ3v) is 4.05. The van der Waals surface area contributed by atoms with Gasteiger partial charge in [-0.3, -0.25) is 4.79 Å². The van der Waals surface area contributed by atoms with Crippen molar-refractivity contribution in [3.8, 4) is 0 Å². The molecule has 4 heteroatoms. The zero-order valence-corrected chi connectivity index (χ0v) is 13.6. The highest BCUT2D eigenvalue weighted by Gasteiger charge is 2.19. The first-order chi connectivity index (χ1) is 8.91. The number of nitrogens with zero attached hydrogens (tertiary/aromatic N) is 1. The van der Waals surface area contributed by atoms with E-state index in [2.05, 4.69) is 27.7 Å². The molecule has 19 heavy (non-hydrogen) atoms. The van der Waals surface area contributed by atoms with Crippen LogP contribution in [0.5, 0.6) is 0 Å². The van der Waals surface area contributed by atoms with Gasteiger partial charge in [0.05, 0.1) is 5.75 Å². The maximum atomic E-state index is 12.2. The molecular weight excluding hydrogens is 278 g/mol. The van der Waals surface area contributed by atoms with E-state index in [9.17, 15) is 4.79 Å². The molecule has 0 unspecified atom stereocenters. The molecule has 2 nitrogen and oxygen atoms in total. The summed E-state index contributed by atoms with van der Waals surface area (Å²) >= 11 is 7.49. The summed E-state index contributed by atoms with van der Waals surface area (Å²) in [5.74, 6) is 1.58. The molecule has 1 aromatic rings. The van der Waals surface area contributed by atoms with Gasteiger partial charge in [0.15, 0.2) is 0 Å². The molecule has 0 aliphatic carbocycles. The van der Waals surface area contributed by atoms with Crippen LogP contribution in [0.1, 0.15) is 33.3 Å². The molecule has 0 aliphatic rings. The van der Waals surface area contributed by atoms with E-state index < -0.39 is 0 Å². The van der Waals surface area contributed by atoms with Crippen LogP contribution in [-0.4, -0.2) is 28.6 Å². The van der Waals surface area contributed by atoms with Gasteiger partial charge in [-0.2, -0.15) is 0 Å². The van der Waals surface area contributed by atoms with Crippen molar-refractivity contribution >= 4 is 29.3 Å². The minimum Gasteiger partial charge on any atom is -0.337 e. The van der Waals surface area contributed by atoms with Gasteiger partial charge in [0.25, 0.3) is 0 Å². The van der Waals surface area contributed by atoms with Crippen LogP contribution in [0.4, 0.5) is 0 Å². The highest BCUT2D eigenvalue weighted by molar-refractivity contribution is 7.99. The molecule has 1 amide bonds. The molecule has 0 atom stereocenters. The van der Waals surface area contributed by atoms with Crippen molar-refractivity contribution < 1.29 is 4.79 Å². The topological polar surface area (TPSA) is 20.3 Å². The van der Waals surface area contributed by atoms with Crippen molar-refractivity contribution in [3.05, 3.63) is 34.9 Å². The van der Waals surface area contributed by atoms with E-state index in [4.69, 9.17) is 11.6 Å². The predicted molar refractivity (Wildman–Crippen MR) is 84.7 cm³/mol. The van der Waals surface area contributed by atoms with Gasteiger partial charge in [0.1, 0.15) is 0 Å². The van der Waals surface area contributed by atoms with Gasteiger partial charge in [-0.1, -0.05) is 23.7 Å².